The highest BCUT2D eigenvalue weighted by atomic mass is 19.1. The molecule has 4 rings (SSSR count). The van der Waals surface area contributed by atoms with Crippen LogP contribution >= 0.6 is 0 Å². The van der Waals surface area contributed by atoms with Gasteiger partial charge in [-0.25, -0.2) is 14.4 Å². The number of anilines is 2. The Hall–Kier alpha value is -2.99. The van der Waals surface area contributed by atoms with E-state index in [4.69, 9.17) is 0 Å². The molecule has 27 heavy (non-hydrogen) atoms. The van der Waals surface area contributed by atoms with Gasteiger partial charge < -0.3 is 15.3 Å². The Balaban J connectivity index is 1.43. The summed E-state index contributed by atoms with van der Waals surface area (Å²) in [5.74, 6) is 1.30. The van der Waals surface area contributed by atoms with Crippen LogP contribution in [-0.2, 0) is 13.0 Å². The smallest absolute Gasteiger partial charge is 0.134 e. The van der Waals surface area contributed by atoms with Crippen LogP contribution in [0.4, 0.5) is 16.0 Å². The van der Waals surface area contributed by atoms with Gasteiger partial charge in [-0.2, -0.15) is 0 Å². The van der Waals surface area contributed by atoms with Crippen molar-refractivity contribution in [1.29, 1.82) is 0 Å². The summed E-state index contributed by atoms with van der Waals surface area (Å²) in [5.41, 5.74) is 3.04. The fraction of sp³-hybridized carbons (Fsp3) is 0.238. The highest BCUT2D eigenvalue weighted by Crippen LogP contribution is 2.25. The molecule has 0 fully saturated rings. The van der Waals surface area contributed by atoms with Crippen LogP contribution in [0.3, 0.4) is 0 Å². The Morgan fingerprint density at radius 2 is 1.93 bits per heavy atom. The van der Waals surface area contributed by atoms with Crippen LogP contribution in [0.15, 0.2) is 60.9 Å². The Bertz CT molecular complexity index is 919. The van der Waals surface area contributed by atoms with E-state index in [1.807, 2.05) is 42.5 Å². The van der Waals surface area contributed by atoms with Gasteiger partial charge in [0.1, 0.15) is 23.8 Å². The molecule has 0 aliphatic carbocycles. The zero-order valence-corrected chi connectivity index (χ0v) is 14.8. The number of benzene rings is 2. The van der Waals surface area contributed by atoms with Crippen LogP contribution in [0.25, 0.3) is 0 Å². The molecule has 3 aromatic rings. The standard InChI is InChI=1S/C21H21FN4O/c22-18-7-6-17-13-26(9-8-16(17)10-18)21-11-20(24-14-25-21)23-12-19(27)15-4-2-1-3-5-15/h1-7,10-11,14,19,27H,8-9,12-13H2,(H,23,24,25). The maximum absolute atomic E-state index is 13.4. The number of aromatic nitrogens is 2. The summed E-state index contributed by atoms with van der Waals surface area (Å²) in [4.78, 5) is 10.8. The molecule has 1 unspecified atom stereocenters. The number of hydrogen-bond donors (Lipinski definition) is 2. The van der Waals surface area contributed by atoms with E-state index in [1.165, 1.54) is 12.4 Å². The molecule has 1 atom stereocenters. The van der Waals surface area contributed by atoms with Crippen molar-refractivity contribution in [2.45, 2.75) is 19.1 Å². The highest BCUT2D eigenvalue weighted by Gasteiger charge is 2.18. The zero-order chi connectivity index (χ0) is 18.6. The summed E-state index contributed by atoms with van der Waals surface area (Å²) >= 11 is 0. The van der Waals surface area contributed by atoms with Gasteiger partial charge in [0, 0.05) is 25.7 Å². The number of halogens is 1. The Morgan fingerprint density at radius 3 is 2.78 bits per heavy atom. The van der Waals surface area contributed by atoms with Crippen molar-refractivity contribution in [3.63, 3.8) is 0 Å². The van der Waals surface area contributed by atoms with E-state index in [1.54, 1.807) is 6.07 Å². The maximum Gasteiger partial charge on any atom is 0.134 e. The molecule has 0 amide bonds. The molecule has 0 radical (unpaired) electrons. The van der Waals surface area contributed by atoms with Crippen molar-refractivity contribution in [2.24, 2.45) is 0 Å². The average Bonchev–Trinajstić information content (AvgIpc) is 2.72. The van der Waals surface area contributed by atoms with Gasteiger partial charge in [0.05, 0.1) is 6.10 Å². The summed E-state index contributed by atoms with van der Waals surface area (Å²) in [5, 5.41) is 13.5. The van der Waals surface area contributed by atoms with E-state index in [2.05, 4.69) is 20.2 Å². The number of rotatable bonds is 5. The van der Waals surface area contributed by atoms with Gasteiger partial charge in [0.25, 0.3) is 0 Å². The number of nitrogens with zero attached hydrogens (tertiary/aromatic N) is 3. The minimum Gasteiger partial charge on any atom is -0.387 e. The van der Waals surface area contributed by atoms with Crippen molar-refractivity contribution in [2.75, 3.05) is 23.3 Å². The van der Waals surface area contributed by atoms with Gasteiger partial charge in [0.15, 0.2) is 0 Å². The van der Waals surface area contributed by atoms with Crippen LogP contribution in [0.2, 0.25) is 0 Å². The van der Waals surface area contributed by atoms with Crippen molar-refractivity contribution in [3.05, 3.63) is 83.4 Å². The van der Waals surface area contributed by atoms with Gasteiger partial charge in [-0.05, 0) is 35.2 Å². The third-order valence-electron chi connectivity index (χ3n) is 4.82. The first kappa shape index (κ1) is 17.4. The molecule has 0 saturated heterocycles. The molecule has 2 N–H and O–H groups in total. The van der Waals surface area contributed by atoms with Gasteiger partial charge in [-0.1, -0.05) is 36.4 Å². The van der Waals surface area contributed by atoms with E-state index < -0.39 is 6.10 Å². The predicted octanol–water partition coefficient (Wildman–Crippen LogP) is 3.32. The third-order valence-corrected chi connectivity index (χ3v) is 4.82. The van der Waals surface area contributed by atoms with Gasteiger partial charge in [0.2, 0.25) is 0 Å². The second kappa shape index (κ2) is 7.72. The monoisotopic (exact) mass is 364 g/mol. The normalized spacial score (nSPS) is 14.5. The molecule has 138 valence electrons. The molecule has 2 aromatic carbocycles. The number of aliphatic hydroxyl groups is 1. The van der Waals surface area contributed by atoms with E-state index in [0.717, 1.165) is 35.5 Å². The van der Waals surface area contributed by atoms with Gasteiger partial charge in [-0.15, -0.1) is 0 Å². The number of hydrogen-bond acceptors (Lipinski definition) is 5. The van der Waals surface area contributed by atoms with Crippen molar-refractivity contribution < 1.29 is 9.50 Å². The van der Waals surface area contributed by atoms with Crippen LogP contribution in [0.5, 0.6) is 0 Å². The van der Waals surface area contributed by atoms with Crippen LogP contribution in [0, 0.1) is 5.82 Å². The Labute approximate surface area is 157 Å². The quantitative estimate of drug-likeness (QED) is 0.727. The number of aliphatic hydroxyl groups excluding tert-OH is 1. The van der Waals surface area contributed by atoms with Crippen molar-refractivity contribution in [3.8, 4) is 0 Å². The largest absolute Gasteiger partial charge is 0.387 e. The molecule has 6 heteroatoms. The van der Waals surface area contributed by atoms with E-state index in [0.29, 0.717) is 18.9 Å². The fourth-order valence-corrected chi connectivity index (χ4v) is 3.33. The lowest BCUT2D eigenvalue weighted by molar-refractivity contribution is 0.191. The summed E-state index contributed by atoms with van der Waals surface area (Å²) in [6, 6.07) is 16.4. The zero-order valence-electron chi connectivity index (χ0n) is 14.8. The number of fused-ring (bicyclic) bond motifs is 1. The summed E-state index contributed by atoms with van der Waals surface area (Å²) < 4.78 is 13.4. The second-order valence-corrected chi connectivity index (χ2v) is 6.65. The topological polar surface area (TPSA) is 61.3 Å². The molecule has 0 spiro atoms. The van der Waals surface area contributed by atoms with Crippen LogP contribution < -0.4 is 10.2 Å². The van der Waals surface area contributed by atoms with Crippen molar-refractivity contribution >= 4 is 11.6 Å². The lowest BCUT2D eigenvalue weighted by atomic mass is 10.00. The minimum atomic E-state index is -0.610. The molecular weight excluding hydrogens is 343 g/mol. The third kappa shape index (κ3) is 4.06. The fourth-order valence-electron chi connectivity index (χ4n) is 3.33. The molecule has 1 aromatic heterocycles. The molecular formula is C21H21FN4O. The Morgan fingerprint density at radius 1 is 1.07 bits per heavy atom. The van der Waals surface area contributed by atoms with E-state index >= 15 is 0 Å². The van der Waals surface area contributed by atoms with Crippen LogP contribution in [-0.4, -0.2) is 28.2 Å². The molecule has 0 saturated carbocycles. The first-order valence-electron chi connectivity index (χ1n) is 9.00. The Kier molecular flexibility index (Phi) is 4.98. The second-order valence-electron chi connectivity index (χ2n) is 6.65. The average molecular weight is 364 g/mol. The molecule has 1 aliphatic rings. The molecule has 5 nitrogen and oxygen atoms in total. The first-order chi connectivity index (χ1) is 13.2. The van der Waals surface area contributed by atoms with E-state index in [9.17, 15) is 9.50 Å². The predicted molar refractivity (Wildman–Crippen MR) is 103 cm³/mol. The van der Waals surface area contributed by atoms with Crippen LogP contribution in [0.1, 0.15) is 22.8 Å². The number of nitrogens with one attached hydrogen (secondary N) is 1. The maximum atomic E-state index is 13.4. The molecule has 2 heterocycles. The van der Waals surface area contributed by atoms with Gasteiger partial charge in [-0.3, -0.25) is 0 Å². The van der Waals surface area contributed by atoms with E-state index in [-0.39, 0.29) is 5.82 Å². The SMILES string of the molecule is OC(CNc1cc(N2CCc3cc(F)ccc3C2)ncn1)c1ccccc1. The van der Waals surface area contributed by atoms with Crippen molar-refractivity contribution in [1.82, 2.24) is 9.97 Å². The summed E-state index contributed by atoms with van der Waals surface area (Å²) in [6.45, 7) is 1.83. The minimum absolute atomic E-state index is 0.187. The lowest BCUT2D eigenvalue weighted by Gasteiger charge is -2.30. The highest BCUT2D eigenvalue weighted by molar-refractivity contribution is 5.50. The summed E-state index contributed by atoms with van der Waals surface area (Å²) in [6.07, 6.45) is 1.70. The van der Waals surface area contributed by atoms with Gasteiger partial charge >= 0.3 is 0 Å². The lowest BCUT2D eigenvalue weighted by Crippen LogP contribution is -2.31. The first-order valence-corrected chi connectivity index (χ1v) is 9.00. The molecule has 1 aliphatic heterocycles. The molecule has 0 bridgehead atoms. The summed E-state index contributed by atoms with van der Waals surface area (Å²) in [7, 11) is 0.